The van der Waals surface area contributed by atoms with Crippen molar-refractivity contribution in [3.8, 4) is 5.75 Å². The van der Waals surface area contributed by atoms with Gasteiger partial charge in [0.05, 0.1) is 0 Å². The Balaban J connectivity index is 2.98. The van der Waals surface area contributed by atoms with Crippen LogP contribution in [0, 0.1) is 5.82 Å². The van der Waals surface area contributed by atoms with Crippen molar-refractivity contribution >= 4 is 5.91 Å². The molecule has 0 aliphatic heterocycles. The third-order valence-corrected chi connectivity index (χ3v) is 2.22. The van der Waals surface area contributed by atoms with E-state index in [-0.39, 0.29) is 12.3 Å². The summed E-state index contributed by atoms with van der Waals surface area (Å²) < 4.78 is 18.7. The number of rotatable bonds is 5. The van der Waals surface area contributed by atoms with Crippen molar-refractivity contribution in [2.45, 2.75) is 26.0 Å². The smallest absolute Gasteiger partial charge is 0.258 e. The Labute approximate surface area is 93.4 Å². The van der Waals surface area contributed by atoms with Crippen LogP contribution in [0.4, 0.5) is 4.39 Å². The normalized spacial score (nSPS) is 12.2. The van der Waals surface area contributed by atoms with Gasteiger partial charge in [-0.25, -0.2) is 4.39 Å². The van der Waals surface area contributed by atoms with Crippen LogP contribution in [-0.2, 0) is 11.3 Å². The minimum atomic E-state index is -0.831. The maximum atomic E-state index is 13.5. The summed E-state index contributed by atoms with van der Waals surface area (Å²) in [5.74, 6) is -1.15. The first kappa shape index (κ1) is 12.4. The van der Waals surface area contributed by atoms with Crippen molar-refractivity contribution in [3.63, 3.8) is 0 Å². The van der Waals surface area contributed by atoms with Crippen LogP contribution in [0.25, 0.3) is 0 Å². The van der Waals surface area contributed by atoms with Gasteiger partial charge in [-0.05, 0) is 12.5 Å². The van der Waals surface area contributed by atoms with Gasteiger partial charge in [-0.15, -0.1) is 0 Å². The number of halogens is 1. The molecule has 1 unspecified atom stereocenters. The topological polar surface area (TPSA) is 78.3 Å². The van der Waals surface area contributed by atoms with Crippen LogP contribution in [0.1, 0.15) is 18.9 Å². The summed E-state index contributed by atoms with van der Waals surface area (Å²) in [6.07, 6.45) is -0.449. The summed E-state index contributed by atoms with van der Waals surface area (Å²) in [4.78, 5) is 11.0. The molecule has 0 fully saturated rings. The Kier molecular flexibility index (Phi) is 4.25. The zero-order valence-electron chi connectivity index (χ0n) is 9.07. The molecule has 0 bridgehead atoms. The van der Waals surface area contributed by atoms with Gasteiger partial charge in [-0.2, -0.15) is 0 Å². The van der Waals surface area contributed by atoms with Crippen LogP contribution in [0.15, 0.2) is 18.2 Å². The minimum Gasteiger partial charge on any atom is -0.477 e. The highest BCUT2D eigenvalue weighted by Crippen LogP contribution is 2.23. The number of benzene rings is 1. The van der Waals surface area contributed by atoms with Gasteiger partial charge in [0.1, 0.15) is 0 Å². The fourth-order valence-electron chi connectivity index (χ4n) is 1.33. The lowest BCUT2D eigenvalue weighted by Gasteiger charge is -2.17. The SMILES string of the molecule is CCC(Oc1c(F)cccc1CN)C(N)=O. The van der Waals surface area contributed by atoms with Gasteiger partial charge in [0.25, 0.3) is 5.91 Å². The highest BCUT2D eigenvalue weighted by molar-refractivity contribution is 5.79. The number of ether oxygens (including phenoxy) is 1. The molecule has 1 amide bonds. The van der Waals surface area contributed by atoms with Crippen molar-refractivity contribution in [2.75, 3.05) is 0 Å². The Hall–Kier alpha value is -1.62. The molecule has 4 N–H and O–H groups in total. The van der Waals surface area contributed by atoms with Crippen LogP contribution >= 0.6 is 0 Å². The van der Waals surface area contributed by atoms with Gasteiger partial charge in [0, 0.05) is 12.1 Å². The molecule has 0 spiro atoms. The van der Waals surface area contributed by atoms with Crippen LogP contribution in [0.5, 0.6) is 5.75 Å². The third kappa shape index (κ3) is 2.70. The molecule has 0 saturated carbocycles. The molecule has 5 heteroatoms. The van der Waals surface area contributed by atoms with Crippen molar-refractivity contribution in [1.82, 2.24) is 0 Å². The van der Waals surface area contributed by atoms with Gasteiger partial charge < -0.3 is 16.2 Å². The fourth-order valence-corrected chi connectivity index (χ4v) is 1.33. The van der Waals surface area contributed by atoms with E-state index in [0.717, 1.165) is 0 Å². The third-order valence-electron chi connectivity index (χ3n) is 2.22. The fraction of sp³-hybridized carbons (Fsp3) is 0.364. The Bertz CT molecular complexity index is 382. The molecule has 0 heterocycles. The monoisotopic (exact) mass is 226 g/mol. The molecule has 1 aromatic carbocycles. The maximum Gasteiger partial charge on any atom is 0.258 e. The van der Waals surface area contributed by atoms with Gasteiger partial charge >= 0.3 is 0 Å². The van der Waals surface area contributed by atoms with Crippen molar-refractivity contribution in [2.24, 2.45) is 11.5 Å². The summed E-state index contributed by atoms with van der Waals surface area (Å²) in [6, 6.07) is 4.43. The molecule has 0 saturated heterocycles. The summed E-state index contributed by atoms with van der Waals surface area (Å²) in [7, 11) is 0. The van der Waals surface area contributed by atoms with Crippen LogP contribution in [0.3, 0.4) is 0 Å². The Morgan fingerprint density at radius 3 is 2.75 bits per heavy atom. The average molecular weight is 226 g/mol. The molecule has 1 atom stereocenters. The summed E-state index contributed by atoms with van der Waals surface area (Å²) >= 11 is 0. The van der Waals surface area contributed by atoms with E-state index in [9.17, 15) is 9.18 Å². The summed E-state index contributed by atoms with van der Waals surface area (Å²) in [5, 5.41) is 0. The molecule has 0 aliphatic carbocycles. The number of hydrogen-bond donors (Lipinski definition) is 2. The van der Waals surface area contributed by atoms with E-state index in [1.165, 1.54) is 12.1 Å². The first-order valence-corrected chi connectivity index (χ1v) is 5.03. The van der Waals surface area contributed by atoms with E-state index in [2.05, 4.69) is 0 Å². The lowest BCUT2D eigenvalue weighted by atomic mass is 10.2. The molecular weight excluding hydrogens is 211 g/mol. The molecule has 4 nitrogen and oxygen atoms in total. The quantitative estimate of drug-likeness (QED) is 0.783. The second kappa shape index (κ2) is 5.46. The second-order valence-electron chi connectivity index (χ2n) is 3.35. The Morgan fingerprint density at radius 1 is 1.56 bits per heavy atom. The van der Waals surface area contributed by atoms with E-state index in [1.807, 2.05) is 0 Å². The van der Waals surface area contributed by atoms with E-state index >= 15 is 0 Å². The van der Waals surface area contributed by atoms with Crippen LogP contribution < -0.4 is 16.2 Å². The van der Waals surface area contributed by atoms with Gasteiger partial charge in [-0.3, -0.25) is 4.79 Å². The Morgan fingerprint density at radius 2 is 2.25 bits per heavy atom. The number of carbonyl (C=O) groups is 1. The van der Waals surface area contributed by atoms with Crippen LogP contribution in [-0.4, -0.2) is 12.0 Å². The maximum absolute atomic E-state index is 13.5. The molecule has 16 heavy (non-hydrogen) atoms. The van der Waals surface area contributed by atoms with Crippen molar-refractivity contribution < 1.29 is 13.9 Å². The lowest BCUT2D eigenvalue weighted by Crippen LogP contribution is -2.33. The highest BCUT2D eigenvalue weighted by atomic mass is 19.1. The van der Waals surface area contributed by atoms with Gasteiger partial charge in [0.2, 0.25) is 0 Å². The first-order valence-electron chi connectivity index (χ1n) is 5.03. The molecule has 0 aromatic heterocycles. The number of hydrogen-bond acceptors (Lipinski definition) is 3. The van der Waals surface area contributed by atoms with Crippen molar-refractivity contribution in [3.05, 3.63) is 29.6 Å². The summed E-state index contributed by atoms with van der Waals surface area (Å²) in [5.41, 5.74) is 11.1. The van der Waals surface area contributed by atoms with Crippen LogP contribution in [0.2, 0.25) is 0 Å². The minimum absolute atomic E-state index is 0.00986. The summed E-state index contributed by atoms with van der Waals surface area (Å²) in [6.45, 7) is 1.88. The van der Waals surface area contributed by atoms with Gasteiger partial charge in [-0.1, -0.05) is 19.1 Å². The molecule has 1 rings (SSSR count). The molecular formula is C11H15FN2O2. The predicted octanol–water partition coefficient (Wildman–Crippen LogP) is 0.927. The standard InChI is InChI=1S/C11H15FN2O2/c1-2-9(11(14)15)16-10-7(6-13)4-3-5-8(10)12/h3-5,9H,2,6,13H2,1H3,(H2,14,15). The number of primary amides is 1. The number of amides is 1. The number of carbonyl (C=O) groups excluding carboxylic acids is 1. The number of nitrogens with two attached hydrogens (primary N) is 2. The zero-order valence-corrected chi connectivity index (χ0v) is 9.07. The number of para-hydroxylation sites is 1. The molecule has 1 aromatic rings. The van der Waals surface area contributed by atoms with E-state index in [0.29, 0.717) is 12.0 Å². The van der Waals surface area contributed by atoms with Gasteiger partial charge in [0.15, 0.2) is 17.7 Å². The largest absolute Gasteiger partial charge is 0.477 e. The van der Waals surface area contributed by atoms with E-state index < -0.39 is 17.8 Å². The molecule has 0 radical (unpaired) electrons. The zero-order chi connectivity index (χ0) is 12.1. The first-order chi connectivity index (χ1) is 7.60. The van der Waals surface area contributed by atoms with E-state index in [1.54, 1.807) is 13.0 Å². The second-order valence-corrected chi connectivity index (χ2v) is 3.35. The molecule has 88 valence electrons. The van der Waals surface area contributed by atoms with E-state index in [4.69, 9.17) is 16.2 Å². The van der Waals surface area contributed by atoms with Crippen molar-refractivity contribution in [1.29, 1.82) is 0 Å². The predicted molar refractivity (Wildman–Crippen MR) is 58.2 cm³/mol. The molecule has 0 aliphatic rings. The highest BCUT2D eigenvalue weighted by Gasteiger charge is 2.18. The lowest BCUT2D eigenvalue weighted by molar-refractivity contribution is -0.124. The average Bonchev–Trinajstić information content (AvgIpc) is 2.26.